The van der Waals surface area contributed by atoms with Gasteiger partial charge in [0.05, 0.1) is 12.8 Å². The van der Waals surface area contributed by atoms with Crippen molar-refractivity contribution in [3.8, 4) is 11.5 Å². The molecule has 2 aliphatic heterocycles. The Hall–Kier alpha value is -4.81. The van der Waals surface area contributed by atoms with Gasteiger partial charge in [-0.1, -0.05) is 36.4 Å². The largest absolute Gasteiger partial charge is 0.490 e. The standard InChI is InChI=1S/C29H34N4O9/c34-25(41-17-15-39-21-7-3-1-4-8-21)19-23-27(36)30-11-13-32(23)29(38)33-14-12-31-28(37)24(33)20-26(35)42-18-16-40-22-9-5-2-6-10-22/h1-10,23-24H,11-20H2,(H,30,36)(H,31,37). The highest BCUT2D eigenvalue weighted by atomic mass is 16.6. The molecule has 2 fully saturated rings. The number of hydrogen-bond donors (Lipinski definition) is 2. The molecule has 2 N–H and O–H groups in total. The van der Waals surface area contributed by atoms with Crippen molar-refractivity contribution in [1.82, 2.24) is 20.4 Å². The quantitative estimate of drug-likeness (QED) is 0.272. The molecule has 2 aromatic rings. The lowest BCUT2D eigenvalue weighted by Crippen LogP contribution is -2.65. The molecule has 13 heteroatoms. The van der Waals surface area contributed by atoms with Crippen molar-refractivity contribution in [2.75, 3.05) is 52.6 Å². The van der Waals surface area contributed by atoms with Crippen LogP contribution in [0.3, 0.4) is 0 Å². The first kappa shape index (κ1) is 30.2. The highest BCUT2D eigenvalue weighted by Crippen LogP contribution is 2.18. The zero-order valence-electron chi connectivity index (χ0n) is 23.1. The summed E-state index contributed by atoms with van der Waals surface area (Å²) in [4.78, 5) is 66.6. The maximum Gasteiger partial charge on any atom is 0.321 e. The molecule has 0 saturated carbocycles. The molecule has 13 nitrogen and oxygen atoms in total. The number of para-hydroxylation sites is 2. The summed E-state index contributed by atoms with van der Waals surface area (Å²) >= 11 is 0. The molecule has 2 unspecified atom stereocenters. The molecule has 4 rings (SSSR count). The Morgan fingerprint density at radius 2 is 1.05 bits per heavy atom. The molecule has 0 bridgehead atoms. The number of piperazine rings is 2. The Kier molecular flexibility index (Phi) is 11.0. The zero-order valence-corrected chi connectivity index (χ0v) is 23.1. The molecular weight excluding hydrogens is 548 g/mol. The first-order valence-corrected chi connectivity index (χ1v) is 13.7. The first-order chi connectivity index (χ1) is 20.4. The summed E-state index contributed by atoms with van der Waals surface area (Å²) < 4.78 is 21.4. The second-order valence-electron chi connectivity index (χ2n) is 9.46. The van der Waals surface area contributed by atoms with E-state index < -0.39 is 41.9 Å². The van der Waals surface area contributed by atoms with E-state index in [4.69, 9.17) is 18.9 Å². The van der Waals surface area contributed by atoms with Crippen LogP contribution < -0.4 is 20.1 Å². The Bertz CT molecular complexity index is 1130. The molecule has 0 aliphatic carbocycles. The molecule has 2 aromatic carbocycles. The van der Waals surface area contributed by atoms with Gasteiger partial charge < -0.3 is 39.4 Å². The number of urea groups is 1. The SMILES string of the molecule is O=C(CC1C(=O)NCCN1C(=O)N1CCNC(=O)C1CC(=O)OCCOc1ccccc1)OCCOc1ccccc1. The minimum Gasteiger partial charge on any atom is -0.490 e. The van der Waals surface area contributed by atoms with Crippen LogP contribution in [0.1, 0.15) is 12.8 Å². The van der Waals surface area contributed by atoms with Crippen LogP contribution in [-0.2, 0) is 28.7 Å². The van der Waals surface area contributed by atoms with Gasteiger partial charge in [0.1, 0.15) is 50.0 Å². The van der Waals surface area contributed by atoms with Crippen molar-refractivity contribution in [3.63, 3.8) is 0 Å². The third kappa shape index (κ3) is 8.59. The predicted molar refractivity (Wildman–Crippen MR) is 147 cm³/mol. The molecule has 2 saturated heterocycles. The van der Waals surface area contributed by atoms with Crippen molar-refractivity contribution < 1.29 is 42.9 Å². The average Bonchev–Trinajstić information content (AvgIpc) is 3.00. The van der Waals surface area contributed by atoms with E-state index in [0.29, 0.717) is 11.5 Å². The lowest BCUT2D eigenvalue weighted by molar-refractivity contribution is -0.149. The van der Waals surface area contributed by atoms with Gasteiger partial charge in [0.15, 0.2) is 0 Å². The maximum absolute atomic E-state index is 13.6. The van der Waals surface area contributed by atoms with E-state index >= 15 is 0 Å². The van der Waals surface area contributed by atoms with Gasteiger partial charge in [0, 0.05) is 26.2 Å². The van der Waals surface area contributed by atoms with E-state index in [1.165, 1.54) is 9.80 Å². The van der Waals surface area contributed by atoms with Crippen molar-refractivity contribution in [1.29, 1.82) is 0 Å². The van der Waals surface area contributed by atoms with E-state index in [1.54, 1.807) is 24.3 Å². The van der Waals surface area contributed by atoms with Gasteiger partial charge in [-0.2, -0.15) is 0 Å². The Labute approximate surface area is 243 Å². The van der Waals surface area contributed by atoms with Crippen LogP contribution in [0.15, 0.2) is 60.7 Å². The van der Waals surface area contributed by atoms with Gasteiger partial charge in [-0.25, -0.2) is 4.79 Å². The van der Waals surface area contributed by atoms with Crippen LogP contribution in [0.25, 0.3) is 0 Å². The number of benzene rings is 2. The average molecular weight is 583 g/mol. The minimum absolute atomic E-state index is 0.0388. The molecule has 224 valence electrons. The van der Waals surface area contributed by atoms with Crippen LogP contribution in [0, 0.1) is 0 Å². The predicted octanol–water partition coefficient (Wildman–Crippen LogP) is 0.732. The van der Waals surface area contributed by atoms with Crippen LogP contribution in [0.5, 0.6) is 11.5 Å². The van der Waals surface area contributed by atoms with E-state index in [-0.39, 0.29) is 65.4 Å². The molecule has 2 atom stereocenters. The van der Waals surface area contributed by atoms with Crippen LogP contribution >= 0.6 is 0 Å². The summed E-state index contributed by atoms with van der Waals surface area (Å²) in [5, 5.41) is 5.32. The third-order valence-corrected chi connectivity index (χ3v) is 6.59. The molecule has 4 amide bonds. The van der Waals surface area contributed by atoms with Gasteiger partial charge in [-0.15, -0.1) is 0 Å². The van der Waals surface area contributed by atoms with Crippen LogP contribution in [0.2, 0.25) is 0 Å². The first-order valence-electron chi connectivity index (χ1n) is 13.7. The van der Waals surface area contributed by atoms with E-state index in [2.05, 4.69) is 10.6 Å². The Morgan fingerprint density at radius 3 is 1.45 bits per heavy atom. The summed E-state index contributed by atoms with van der Waals surface area (Å²) in [7, 11) is 0. The number of amides is 4. The van der Waals surface area contributed by atoms with Crippen molar-refractivity contribution >= 4 is 29.8 Å². The van der Waals surface area contributed by atoms with Crippen LogP contribution in [0.4, 0.5) is 4.79 Å². The second kappa shape index (κ2) is 15.3. The number of nitrogens with zero attached hydrogens (tertiary/aromatic N) is 2. The third-order valence-electron chi connectivity index (χ3n) is 6.59. The number of carbonyl (C=O) groups is 5. The summed E-state index contributed by atoms with van der Waals surface area (Å²) in [6.45, 7) is 0.746. The van der Waals surface area contributed by atoms with E-state index in [1.807, 2.05) is 36.4 Å². The van der Waals surface area contributed by atoms with Gasteiger partial charge in [0.25, 0.3) is 0 Å². The van der Waals surface area contributed by atoms with Crippen molar-refractivity contribution in [2.24, 2.45) is 0 Å². The van der Waals surface area contributed by atoms with Gasteiger partial charge in [-0.3, -0.25) is 19.2 Å². The fraction of sp³-hybridized carbons (Fsp3) is 0.414. The summed E-state index contributed by atoms with van der Waals surface area (Å²) in [5.41, 5.74) is 0. The lowest BCUT2D eigenvalue weighted by atomic mass is 10.1. The van der Waals surface area contributed by atoms with Gasteiger partial charge in [-0.05, 0) is 24.3 Å². The maximum atomic E-state index is 13.6. The fourth-order valence-electron chi connectivity index (χ4n) is 4.56. The monoisotopic (exact) mass is 582 g/mol. The summed E-state index contributed by atoms with van der Waals surface area (Å²) in [5.74, 6) is -1.13. The topological polar surface area (TPSA) is 153 Å². The number of esters is 2. The molecular formula is C29H34N4O9. The molecule has 0 aromatic heterocycles. The van der Waals surface area contributed by atoms with Gasteiger partial charge in [0.2, 0.25) is 11.8 Å². The van der Waals surface area contributed by atoms with Gasteiger partial charge >= 0.3 is 18.0 Å². The van der Waals surface area contributed by atoms with E-state index in [0.717, 1.165) is 0 Å². The lowest BCUT2D eigenvalue weighted by Gasteiger charge is -2.41. The highest BCUT2D eigenvalue weighted by Gasteiger charge is 2.42. The highest BCUT2D eigenvalue weighted by molar-refractivity contribution is 5.95. The summed E-state index contributed by atoms with van der Waals surface area (Å²) in [6.07, 6.45) is -0.756. The van der Waals surface area contributed by atoms with Crippen LogP contribution in [-0.4, -0.2) is 104 Å². The van der Waals surface area contributed by atoms with Crippen molar-refractivity contribution in [2.45, 2.75) is 24.9 Å². The molecule has 0 spiro atoms. The minimum atomic E-state index is -1.14. The molecule has 42 heavy (non-hydrogen) atoms. The number of nitrogens with one attached hydrogen (secondary N) is 2. The Balaban J connectivity index is 1.29. The number of carbonyl (C=O) groups excluding carboxylic acids is 5. The normalized spacial score (nSPS) is 18.4. The molecule has 2 aliphatic rings. The fourth-order valence-corrected chi connectivity index (χ4v) is 4.56. The number of ether oxygens (including phenoxy) is 4. The zero-order chi connectivity index (χ0) is 29.7. The second-order valence-corrected chi connectivity index (χ2v) is 9.46. The molecule has 0 radical (unpaired) electrons. The number of rotatable bonds is 12. The Morgan fingerprint density at radius 1 is 0.643 bits per heavy atom. The molecule has 2 heterocycles. The van der Waals surface area contributed by atoms with E-state index in [9.17, 15) is 24.0 Å². The number of hydrogen-bond acceptors (Lipinski definition) is 9. The summed E-state index contributed by atoms with van der Waals surface area (Å²) in [6, 6.07) is 15.1. The smallest absolute Gasteiger partial charge is 0.321 e. The van der Waals surface area contributed by atoms with Crippen molar-refractivity contribution in [3.05, 3.63) is 60.7 Å².